The van der Waals surface area contributed by atoms with Gasteiger partial charge in [-0.3, -0.25) is 0 Å². The molecule has 0 bridgehead atoms. The minimum Gasteiger partial charge on any atom is -0.309 e. The van der Waals surface area contributed by atoms with Crippen molar-refractivity contribution in [2.24, 2.45) is 0 Å². The third-order valence-electron chi connectivity index (χ3n) is 12.6. The Balaban J connectivity index is 1.24. The molecule has 1 heteroatoms. The summed E-state index contributed by atoms with van der Waals surface area (Å²) in [6.07, 6.45) is 0. The van der Waals surface area contributed by atoms with E-state index in [1.54, 1.807) is 0 Å². The Hall–Kier alpha value is -7.48. The maximum absolute atomic E-state index is 2.55. The Labute approximate surface area is 338 Å². The van der Waals surface area contributed by atoms with Crippen molar-refractivity contribution in [2.45, 2.75) is 5.41 Å². The molecular formula is C57H37N. The summed E-state index contributed by atoms with van der Waals surface area (Å²) in [4.78, 5) is 2.55. The van der Waals surface area contributed by atoms with Gasteiger partial charge in [0, 0.05) is 16.6 Å². The Morgan fingerprint density at radius 3 is 1.43 bits per heavy atom. The molecule has 0 atom stereocenters. The number of hydrogen-bond acceptors (Lipinski definition) is 1. The standard InChI is InChI=1S/C57H37N/c1-3-17-38(18-4-1)40-31-33-43(34-32-40)58(54-36-41-21-7-8-22-44(41)45-23-9-10-26-48(45)54)55-37-42(39-19-5-2-6-20-39)35-53-56(55)49-27-13-16-30-52(49)57(53)50-28-14-11-24-46(50)47-25-12-15-29-51(47)57/h1-37H. The highest BCUT2D eigenvalue weighted by molar-refractivity contribution is 6.15. The molecule has 2 aliphatic rings. The van der Waals surface area contributed by atoms with Gasteiger partial charge in [0.25, 0.3) is 0 Å². The van der Waals surface area contributed by atoms with Gasteiger partial charge in [0.15, 0.2) is 0 Å². The summed E-state index contributed by atoms with van der Waals surface area (Å²) in [5.74, 6) is 0. The van der Waals surface area contributed by atoms with Gasteiger partial charge < -0.3 is 4.90 Å². The quantitative estimate of drug-likeness (QED) is 0.159. The summed E-state index contributed by atoms with van der Waals surface area (Å²) in [5, 5.41) is 4.93. The molecule has 0 aliphatic heterocycles. The number of benzene rings is 10. The SMILES string of the molecule is c1ccc(-c2ccc(N(c3cc(-c4ccccc4)cc4c3-c3ccccc3C43c4ccccc4-c4ccccc43)c3cc4ccccc4c4ccccc34)cc2)cc1. The molecule has 1 nitrogen and oxygen atoms in total. The van der Waals surface area contributed by atoms with Crippen LogP contribution in [-0.4, -0.2) is 0 Å². The number of rotatable bonds is 5. The molecule has 0 unspecified atom stereocenters. The van der Waals surface area contributed by atoms with E-state index in [0.717, 1.165) is 17.1 Å². The van der Waals surface area contributed by atoms with Gasteiger partial charge >= 0.3 is 0 Å². The maximum Gasteiger partial charge on any atom is 0.0726 e. The fraction of sp³-hybridized carbons (Fsp3) is 0.0175. The van der Waals surface area contributed by atoms with Crippen LogP contribution in [0, 0.1) is 0 Å². The lowest BCUT2D eigenvalue weighted by Gasteiger charge is -2.33. The molecule has 58 heavy (non-hydrogen) atoms. The van der Waals surface area contributed by atoms with E-state index in [-0.39, 0.29) is 0 Å². The van der Waals surface area contributed by atoms with Crippen molar-refractivity contribution in [1.82, 2.24) is 0 Å². The van der Waals surface area contributed by atoms with E-state index in [1.165, 1.54) is 88.3 Å². The smallest absolute Gasteiger partial charge is 0.0726 e. The molecule has 2 aliphatic carbocycles. The lowest BCUT2D eigenvalue weighted by atomic mass is 9.70. The predicted molar refractivity (Wildman–Crippen MR) is 243 cm³/mol. The van der Waals surface area contributed by atoms with Gasteiger partial charge in [-0.05, 0) is 108 Å². The highest BCUT2D eigenvalue weighted by Crippen LogP contribution is 2.65. The number of nitrogens with zero attached hydrogens (tertiary/aromatic N) is 1. The summed E-state index contributed by atoms with van der Waals surface area (Å²) in [5.41, 5.74) is 18.2. The zero-order chi connectivity index (χ0) is 38.2. The van der Waals surface area contributed by atoms with Crippen LogP contribution < -0.4 is 4.90 Å². The van der Waals surface area contributed by atoms with Crippen LogP contribution in [0.1, 0.15) is 22.3 Å². The molecule has 270 valence electrons. The molecule has 1 spiro atoms. The Morgan fingerprint density at radius 1 is 0.293 bits per heavy atom. The van der Waals surface area contributed by atoms with Gasteiger partial charge in [0.2, 0.25) is 0 Å². The third-order valence-corrected chi connectivity index (χ3v) is 12.6. The van der Waals surface area contributed by atoms with E-state index in [0.29, 0.717) is 0 Å². The summed E-state index contributed by atoms with van der Waals surface area (Å²) < 4.78 is 0. The average Bonchev–Trinajstić information content (AvgIpc) is 3.77. The van der Waals surface area contributed by atoms with Gasteiger partial charge in [-0.25, -0.2) is 0 Å². The van der Waals surface area contributed by atoms with Crippen LogP contribution in [-0.2, 0) is 5.41 Å². The van der Waals surface area contributed by atoms with E-state index < -0.39 is 5.41 Å². The molecule has 0 saturated carbocycles. The number of anilines is 3. The van der Waals surface area contributed by atoms with Gasteiger partial charge in [-0.2, -0.15) is 0 Å². The monoisotopic (exact) mass is 735 g/mol. The van der Waals surface area contributed by atoms with E-state index in [9.17, 15) is 0 Å². The third kappa shape index (κ3) is 4.65. The predicted octanol–water partition coefficient (Wildman–Crippen LogP) is 15.1. The first-order chi connectivity index (χ1) is 28.8. The summed E-state index contributed by atoms with van der Waals surface area (Å²) >= 11 is 0. The molecule has 0 radical (unpaired) electrons. The first-order valence-corrected chi connectivity index (χ1v) is 20.2. The Kier molecular flexibility index (Phi) is 7.21. The van der Waals surface area contributed by atoms with Crippen LogP contribution in [0.25, 0.3) is 66.1 Å². The number of hydrogen-bond donors (Lipinski definition) is 0. The van der Waals surface area contributed by atoms with Crippen LogP contribution in [0.2, 0.25) is 0 Å². The first kappa shape index (κ1) is 32.7. The molecule has 0 N–H and O–H groups in total. The molecule has 0 fully saturated rings. The molecule has 10 aromatic rings. The average molecular weight is 736 g/mol. The van der Waals surface area contributed by atoms with E-state index >= 15 is 0 Å². The topological polar surface area (TPSA) is 3.24 Å². The van der Waals surface area contributed by atoms with Crippen molar-refractivity contribution in [2.75, 3.05) is 4.90 Å². The van der Waals surface area contributed by atoms with Gasteiger partial charge in [-0.1, -0.05) is 194 Å². The van der Waals surface area contributed by atoms with Crippen molar-refractivity contribution >= 4 is 38.6 Å². The second-order valence-electron chi connectivity index (χ2n) is 15.6. The maximum atomic E-state index is 2.55. The van der Waals surface area contributed by atoms with E-state index in [1.807, 2.05) is 0 Å². The lowest BCUT2D eigenvalue weighted by Crippen LogP contribution is -2.26. The summed E-state index contributed by atoms with van der Waals surface area (Å²) in [7, 11) is 0. The minimum atomic E-state index is -0.493. The normalized spacial score (nSPS) is 13.0. The minimum absolute atomic E-state index is 0.493. The van der Waals surface area contributed by atoms with Crippen molar-refractivity contribution in [3.05, 3.63) is 247 Å². The highest BCUT2D eigenvalue weighted by atomic mass is 15.1. The lowest BCUT2D eigenvalue weighted by molar-refractivity contribution is 0.794. The molecule has 0 saturated heterocycles. The Bertz CT molecular complexity index is 3170. The molecule has 0 aromatic heterocycles. The van der Waals surface area contributed by atoms with Crippen molar-refractivity contribution in [3.8, 4) is 44.5 Å². The van der Waals surface area contributed by atoms with Crippen LogP contribution in [0.3, 0.4) is 0 Å². The second kappa shape index (κ2) is 12.8. The van der Waals surface area contributed by atoms with Gasteiger partial charge in [0.1, 0.15) is 0 Å². The van der Waals surface area contributed by atoms with E-state index in [2.05, 4.69) is 229 Å². The van der Waals surface area contributed by atoms with Crippen LogP contribution in [0.15, 0.2) is 224 Å². The second-order valence-corrected chi connectivity index (χ2v) is 15.6. The van der Waals surface area contributed by atoms with E-state index in [4.69, 9.17) is 0 Å². The van der Waals surface area contributed by atoms with Gasteiger partial charge in [0.05, 0.1) is 16.8 Å². The Morgan fingerprint density at radius 2 is 0.776 bits per heavy atom. The number of fused-ring (bicyclic) bond motifs is 13. The fourth-order valence-electron chi connectivity index (χ4n) is 10.2. The van der Waals surface area contributed by atoms with Crippen LogP contribution in [0.5, 0.6) is 0 Å². The van der Waals surface area contributed by atoms with Crippen LogP contribution in [0.4, 0.5) is 17.1 Å². The fourth-order valence-corrected chi connectivity index (χ4v) is 10.2. The zero-order valence-electron chi connectivity index (χ0n) is 31.8. The van der Waals surface area contributed by atoms with Crippen LogP contribution >= 0.6 is 0 Å². The molecule has 0 amide bonds. The molecular weight excluding hydrogens is 699 g/mol. The van der Waals surface area contributed by atoms with Gasteiger partial charge in [-0.15, -0.1) is 0 Å². The summed E-state index contributed by atoms with van der Waals surface area (Å²) in [6, 6.07) is 83.2. The van der Waals surface area contributed by atoms with Crippen molar-refractivity contribution < 1.29 is 0 Å². The highest BCUT2D eigenvalue weighted by Gasteiger charge is 2.52. The van der Waals surface area contributed by atoms with Crippen molar-refractivity contribution in [1.29, 1.82) is 0 Å². The molecule has 0 heterocycles. The zero-order valence-corrected chi connectivity index (χ0v) is 31.8. The molecule has 12 rings (SSSR count). The molecule has 10 aromatic carbocycles. The first-order valence-electron chi connectivity index (χ1n) is 20.2. The summed E-state index contributed by atoms with van der Waals surface area (Å²) in [6.45, 7) is 0. The largest absolute Gasteiger partial charge is 0.309 e. The van der Waals surface area contributed by atoms with Crippen molar-refractivity contribution in [3.63, 3.8) is 0 Å².